The Morgan fingerprint density at radius 1 is 1.21 bits per heavy atom. The SMILES string of the molecule is C=C(O)c1ccccc1-n1nccn1. The Labute approximate surface area is 81.1 Å². The summed E-state index contributed by atoms with van der Waals surface area (Å²) in [7, 11) is 0. The maximum atomic E-state index is 9.34. The van der Waals surface area contributed by atoms with Gasteiger partial charge in [-0.25, -0.2) is 0 Å². The molecule has 0 unspecified atom stereocenters. The van der Waals surface area contributed by atoms with Gasteiger partial charge >= 0.3 is 0 Å². The van der Waals surface area contributed by atoms with Crippen molar-refractivity contribution in [1.82, 2.24) is 15.0 Å². The molecule has 1 aromatic heterocycles. The summed E-state index contributed by atoms with van der Waals surface area (Å²) in [6.07, 6.45) is 3.16. The van der Waals surface area contributed by atoms with Crippen LogP contribution in [0.2, 0.25) is 0 Å². The maximum Gasteiger partial charge on any atom is 0.117 e. The monoisotopic (exact) mass is 187 g/mol. The summed E-state index contributed by atoms with van der Waals surface area (Å²) >= 11 is 0. The lowest BCUT2D eigenvalue weighted by Gasteiger charge is -2.05. The van der Waals surface area contributed by atoms with Crippen LogP contribution in [-0.2, 0) is 0 Å². The van der Waals surface area contributed by atoms with Crippen molar-refractivity contribution in [3.63, 3.8) is 0 Å². The number of nitrogens with zero attached hydrogens (tertiary/aromatic N) is 3. The highest BCUT2D eigenvalue weighted by Gasteiger charge is 2.06. The first kappa shape index (κ1) is 8.50. The third kappa shape index (κ3) is 1.37. The van der Waals surface area contributed by atoms with E-state index in [0.29, 0.717) is 11.3 Å². The van der Waals surface area contributed by atoms with Crippen LogP contribution in [0.5, 0.6) is 0 Å². The molecule has 0 aliphatic heterocycles. The highest BCUT2D eigenvalue weighted by atomic mass is 16.3. The van der Waals surface area contributed by atoms with Gasteiger partial charge in [0, 0.05) is 5.56 Å². The molecule has 1 heterocycles. The van der Waals surface area contributed by atoms with E-state index in [1.807, 2.05) is 18.2 Å². The minimum Gasteiger partial charge on any atom is -0.508 e. The molecule has 14 heavy (non-hydrogen) atoms. The van der Waals surface area contributed by atoms with Crippen LogP contribution in [0, 0.1) is 0 Å². The molecule has 1 aromatic carbocycles. The van der Waals surface area contributed by atoms with E-state index in [1.54, 1.807) is 18.5 Å². The molecule has 0 bridgehead atoms. The normalized spacial score (nSPS) is 10.0. The quantitative estimate of drug-likeness (QED) is 0.729. The lowest BCUT2D eigenvalue weighted by atomic mass is 10.1. The average molecular weight is 187 g/mol. The third-order valence-electron chi connectivity index (χ3n) is 1.85. The molecule has 2 aromatic rings. The van der Waals surface area contributed by atoms with E-state index < -0.39 is 0 Å². The van der Waals surface area contributed by atoms with E-state index in [2.05, 4.69) is 16.8 Å². The highest BCUT2D eigenvalue weighted by molar-refractivity contribution is 5.64. The Balaban J connectivity index is 2.58. The summed E-state index contributed by atoms with van der Waals surface area (Å²) in [6.45, 7) is 3.48. The second-order valence-corrected chi connectivity index (χ2v) is 2.78. The van der Waals surface area contributed by atoms with Crippen LogP contribution < -0.4 is 0 Å². The van der Waals surface area contributed by atoms with Crippen molar-refractivity contribution in [3.05, 3.63) is 48.8 Å². The molecular weight excluding hydrogens is 178 g/mol. The lowest BCUT2D eigenvalue weighted by Crippen LogP contribution is -2.02. The fourth-order valence-electron chi connectivity index (χ4n) is 1.23. The molecule has 0 aliphatic carbocycles. The zero-order valence-electron chi connectivity index (χ0n) is 7.46. The minimum atomic E-state index is 0.0119. The standard InChI is InChI=1S/C10H9N3O/c1-8(14)9-4-2-3-5-10(9)13-11-6-7-12-13/h2-7,14H,1H2. The van der Waals surface area contributed by atoms with Crippen LogP contribution in [-0.4, -0.2) is 20.1 Å². The van der Waals surface area contributed by atoms with E-state index >= 15 is 0 Å². The Morgan fingerprint density at radius 2 is 1.86 bits per heavy atom. The Morgan fingerprint density at radius 3 is 2.50 bits per heavy atom. The number of aliphatic hydroxyl groups excluding tert-OH is 1. The van der Waals surface area contributed by atoms with Crippen LogP contribution in [0.1, 0.15) is 5.56 Å². The lowest BCUT2D eigenvalue weighted by molar-refractivity contribution is 0.512. The summed E-state index contributed by atoms with van der Waals surface area (Å²) in [4.78, 5) is 1.44. The van der Waals surface area contributed by atoms with Crippen molar-refractivity contribution in [1.29, 1.82) is 0 Å². The zero-order valence-corrected chi connectivity index (χ0v) is 7.46. The van der Waals surface area contributed by atoms with Crippen LogP contribution in [0.25, 0.3) is 11.4 Å². The largest absolute Gasteiger partial charge is 0.508 e. The number of aliphatic hydroxyl groups is 1. The summed E-state index contributed by atoms with van der Waals surface area (Å²) in [5, 5.41) is 17.3. The van der Waals surface area contributed by atoms with E-state index in [0.717, 1.165) is 0 Å². The van der Waals surface area contributed by atoms with Crippen LogP contribution in [0.3, 0.4) is 0 Å². The molecule has 70 valence electrons. The van der Waals surface area contributed by atoms with Crippen molar-refractivity contribution in [2.75, 3.05) is 0 Å². The first-order chi connectivity index (χ1) is 6.79. The van der Waals surface area contributed by atoms with Gasteiger partial charge in [-0.3, -0.25) is 0 Å². The highest BCUT2D eigenvalue weighted by Crippen LogP contribution is 2.17. The van der Waals surface area contributed by atoms with Gasteiger partial charge in [0.2, 0.25) is 0 Å². The van der Waals surface area contributed by atoms with Gasteiger partial charge in [-0.2, -0.15) is 15.0 Å². The van der Waals surface area contributed by atoms with Crippen molar-refractivity contribution in [2.24, 2.45) is 0 Å². The van der Waals surface area contributed by atoms with Gasteiger partial charge in [0.1, 0.15) is 5.76 Å². The van der Waals surface area contributed by atoms with Crippen molar-refractivity contribution in [2.45, 2.75) is 0 Å². The summed E-state index contributed by atoms with van der Waals surface area (Å²) in [5.41, 5.74) is 1.34. The molecule has 0 atom stereocenters. The number of hydrogen-bond donors (Lipinski definition) is 1. The number of aromatic nitrogens is 3. The van der Waals surface area contributed by atoms with Gasteiger partial charge in [-0.15, -0.1) is 0 Å². The van der Waals surface area contributed by atoms with Crippen molar-refractivity contribution in [3.8, 4) is 5.69 Å². The first-order valence-corrected chi connectivity index (χ1v) is 4.13. The fraction of sp³-hybridized carbons (Fsp3) is 0. The van der Waals surface area contributed by atoms with E-state index in [9.17, 15) is 5.11 Å². The van der Waals surface area contributed by atoms with Crippen molar-refractivity contribution < 1.29 is 5.11 Å². The predicted octanol–water partition coefficient (Wildman–Crippen LogP) is 1.80. The summed E-state index contributed by atoms with van der Waals surface area (Å²) < 4.78 is 0. The van der Waals surface area contributed by atoms with E-state index in [1.165, 1.54) is 4.80 Å². The topological polar surface area (TPSA) is 50.9 Å². The maximum absolute atomic E-state index is 9.34. The molecule has 2 rings (SSSR count). The van der Waals surface area contributed by atoms with E-state index in [-0.39, 0.29) is 5.76 Å². The van der Waals surface area contributed by atoms with Gasteiger partial charge in [0.15, 0.2) is 0 Å². The van der Waals surface area contributed by atoms with Gasteiger partial charge in [-0.1, -0.05) is 18.7 Å². The Kier molecular flexibility index (Phi) is 2.02. The van der Waals surface area contributed by atoms with Gasteiger partial charge < -0.3 is 5.11 Å². The molecule has 4 nitrogen and oxygen atoms in total. The molecule has 0 radical (unpaired) electrons. The molecule has 0 spiro atoms. The molecule has 1 N–H and O–H groups in total. The minimum absolute atomic E-state index is 0.0119. The molecular formula is C10H9N3O. The zero-order chi connectivity index (χ0) is 9.97. The van der Waals surface area contributed by atoms with Crippen LogP contribution >= 0.6 is 0 Å². The Bertz CT molecular complexity index is 448. The second-order valence-electron chi connectivity index (χ2n) is 2.78. The third-order valence-corrected chi connectivity index (χ3v) is 1.85. The van der Waals surface area contributed by atoms with Crippen molar-refractivity contribution >= 4 is 5.76 Å². The van der Waals surface area contributed by atoms with Gasteiger partial charge in [0.05, 0.1) is 18.1 Å². The fourth-order valence-corrected chi connectivity index (χ4v) is 1.23. The molecule has 0 aliphatic rings. The summed E-state index contributed by atoms with van der Waals surface area (Å²) in [6, 6.07) is 7.26. The molecule has 0 saturated carbocycles. The second kappa shape index (κ2) is 3.33. The number of benzene rings is 1. The van der Waals surface area contributed by atoms with Crippen LogP contribution in [0.15, 0.2) is 43.2 Å². The molecule has 0 fully saturated rings. The van der Waals surface area contributed by atoms with E-state index in [4.69, 9.17) is 0 Å². The van der Waals surface area contributed by atoms with Crippen LogP contribution in [0.4, 0.5) is 0 Å². The molecule has 0 amide bonds. The molecule has 4 heteroatoms. The number of hydrogen-bond acceptors (Lipinski definition) is 3. The first-order valence-electron chi connectivity index (χ1n) is 4.13. The van der Waals surface area contributed by atoms with Gasteiger partial charge in [-0.05, 0) is 12.1 Å². The number of rotatable bonds is 2. The summed E-state index contributed by atoms with van der Waals surface area (Å²) in [5.74, 6) is 0.0119. The Hall–Kier alpha value is -2.10. The predicted molar refractivity (Wildman–Crippen MR) is 53.0 cm³/mol. The van der Waals surface area contributed by atoms with Gasteiger partial charge in [0.25, 0.3) is 0 Å². The smallest absolute Gasteiger partial charge is 0.117 e. The number of para-hydroxylation sites is 1. The average Bonchev–Trinajstić information content (AvgIpc) is 2.70. The molecule has 0 saturated heterocycles.